The average molecular weight is 262 g/mol. The molecule has 5 nitrogen and oxygen atoms in total. The molecule has 3 N–H and O–H groups in total. The van der Waals surface area contributed by atoms with Crippen LogP contribution >= 0.6 is 11.3 Å². The van der Waals surface area contributed by atoms with Crippen molar-refractivity contribution in [1.82, 2.24) is 9.97 Å². The topological polar surface area (TPSA) is 80.9 Å². The number of rotatable bonds is 5. The lowest BCUT2D eigenvalue weighted by Gasteiger charge is -2.01. The molecule has 2 heterocycles. The number of hydrogen-bond acceptors (Lipinski definition) is 5. The maximum absolute atomic E-state index is 11.7. The van der Waals surface area contributed by atoms with Gasteiger partial charge < -0.3 is 11.1 Å². The Kier molecular flexibility index (Phi) is 4.38. The van der Waals surface area contributed by atoms with E-state index in [1.165, 1.54) is 11.3 Å². The Morgan fingerprint density at radius 2 is 2.33 bits per heavy atom. The third-order valence-corrected chi connectivity index (χ3v) is 3.14. The molecule has 0 atom stereocenters. The second-order valence-corrected chi connectivity index (χ2v) is 4.65. The number of nitrogens with zero attached hydrogens (tertiary/aromatic N) is 2. The molecule has 0 aliphatic rings. The maximum atomic E-state index is 11.7. The van der Waals surface area contributed by atoms with E-state index in [0.717, 1.165) is 17.1 Å². The first-order valence-corrected chi connectivity index (χ1v) is 6.50. The van der Waals surface area contributed by atoms with Gasteiger partial charge >= 0.3 is 0 Å². The molecule has 0 aromatic carbocycles. The van der Waals surface area contributed by atoms with Crippen molar-refractivity contribution in [1.29, 1.82) is 0 Å². The van der Waals surface area contributed by atoms with Crippen molar-refractivity contribution >= 4 is 23.1 Å². The number of carbonyl (C=O) groups excluding carboxylic acids is 1. The number of nitrogens with one attached hydrogen (secondary N) is 1. The lowest BCUT2D eigenvalue weighted by Crippen LogP contribution is -2.15. The molecule has 2 aromatic rings. The smallest absolute Gasteiger partial charge is 0.232 e. The number of carbonyl (C=O) groups is 1. The van der Waals surface area contributed by atoms with Crippen LogP contribution in [0.3, 0.4) is 0 Å². The molecule has 0 saturated heterocycles. The van der Waals surface area contributed by atoms with Gasteiger partial charge in [0.05, 0.1) is 12.1 Å². The normalized spacial score (nSPS) is 10.3. The molecular weight excluding hydrogens is 248 g/mol. The van der Waals surface area contributed by atoms with E-state index in [-0.39, 0.29) is 12.3 Å². The fourth-order valence-corrected chi connectivity index (χ4v) is 2.28. The molecule has 2 aromatic heterocycles. The summed E-state index contributed by atoms with van der Waals surface area (Å²) < 4.78 is 0. The first kappa shape index (κ1) is 12.7. The van der Waals surface area contributed by atoms with Crippen LogP contribution in [-0.4, -0.2) is 22.4 Å². The summed E-state index contributed by atoms with van der Waals surface area (Å²) in [4.78, 5) is 20.1. The third kappa shape index (κ3) is 3.61. The lowest BCUT2D eigenvalue weighted by atomic mass is 10.3. The van der Waals surface area contributed by atoms with Gasteiger partial charge in [0.15, 0.2) is 0 Å². The zero-order valence-electron chi connectivity index (χ0n) is 9.80. The van der Waals surface area contributed by atoms with Gasteiger partial charge in [-0.25, -0.2) is 9.97 Å². The van der Waals surface area contributed by atoms with E-state index in [1.54, 1.807) is 18.3 Å². The first-order valence-electron chi connectivity index (χ1n) is 5.62. The van der Waals surface area contributed by atoms with Crippen molar-refractivity contribution in [3.05, 3.63) is 40.5 Å². The molecule has 2 rings (SSSR count). The van der Waals surface area contributed by atoms with Gasteiger partial charge in [-0.15, -0.1) is 11.3 Å². The van der Waals surface area contributed by atoms with E-state index in [1.807, 2.05) is 11.4 Å². The molecule has 0 spiro atoms. The van der Waals surface area contributed by atoms with Gasteiger partial charge in [0.1, 0.15) is 10.8 Å². The van der Waals surface area contributed by atoms with E-state index < -0.39 is 0 Å². The molecule has 0 aliphatic carbocycles. The maximum Gasteiger partial charge on any atom is 0.232 e. The van der Waals surface area contributed by atoms with E-state index in [2.05, 4.69) is 15.3 Å². The van der Waals surface area contributed by atoms with Crippen LogP contribution in [0.5, 0.6) is 0 Å². The molecule has 94 valence electrons. The molecule has 18 heavy (non-hydrogen) atoms. The molecular formula is C12H14N4OS. The van der Waals surface area contributed by atoms with Gasteiger partial charge in [-0.3, -0.25) is 4.79 Å². The van der Waals surface area contributed by atoms with Crippen molar-refractivity contribution in [3.63, 3.8) is 0 Å². The van der Waals surface area contributed by atoms with Gasteiger partial charge in [-0.1, -0.05) is 6.07 Å². The Morgan fingerprint density at radius 1 is 1.44 bits per heavy atom. The predicted octanol–water partition coefficient (Wildman–Crippen LogP) is 1.22. The molecule has 0 bridgehead atoms. The number of aromatic nitrogens is 2. The highest BCUT2D eigenvalue weighted by molar-refractivity contribution is 7.09. The van der Waals surface area contributed by atoms with Crippen LogP contribution in [0.4, 0.5) is 5.82 Å². The Labute approximate surface area is 109 Å². The van der Waals surface area contributed by atoms with Crippen molar-refractivity contribution in [2.75, 3.05) is 11.9 Å². The predicted molar refractivity (Wildman–Crippen MR) is 71.4 cm³/mol. The standard InChI is InChI=1S/C12H14N4OS/c13-5-4-9-8-18-12(15-9)7-11(17)16-10-3-1-2-6-14-10/h1-3,6,8H,4-5,7,13H2,(H,14,16,17). The second kappa shape index (κ2) is 6.23. The molecule has 6 heteroatoms. The summed E-state index contributed by atoms with van der Waals surface area (Å²) in [5.41, 5.74) is 6.40. The Bertz CT molecular complexity index is 512. The minimum Gasteiger partial charge on any atom is -0.330 e. The van der Waals surface area contributed by atoms with Gasteiger partial charge in [-0.05, 0) is 18.7 Å². The average Bonchev–Trinajstić information content (AvgIpc) is 2.78. The SMILES string of the molecule is NCCc1csc(CC(=O)Nc2ccccn2)n1. The van der Waals surface area contributed by atoms with Crippen LogP contribution in [0.25, 0.3) is 0 Å². The molecule has 0 saturated carbocycles. The number of nitrogens with two attached hydrogens (primary N) is 1. The largest absolute Gasteiger partial charge is 0.330 e. The van der Waals surface area contributed by atoms with Crippen LogP contribution in [0.1, 0.15) is 10.7 Å². The molecule has 0 aliphatic heterocycles. The zero-order chi connectivity index (χ0) is 12.8. The highest BCUT2D eigenvalue weighted by Gasteiger charge is 2.08. The van der Waals surface area contributed by atoms with E-state index in [0.29, 0.717) is 12.4 Å². The van der Waals surface area contributed by atoms with Crippen LogP contribution in [-0.2, 0) is 17.6 Å². The third-order valence-electron chi connectivity index (χ3n) is 2.24. The minimum atomic E-state index is -0.109. The summed E-state index contributed by atoms with van der Waals surface area (Å²) in [5.74, 6) is 0.448. The van der Waals surface area contributed by atoms with Crippen LogP contribution < -0.4 is 11.1 Å². The van der Waals surface area contributed by atoms with Crippen molar-refractivity contribution in [2.45, 2.75) is 12.8 Å². The first-order chi connectivity index (χ1) is 8.78. The van der Waals surface area contributed by atoms with Crippen LogP contribution in [0.2, 0.25) is 0 Å². The zero-order valence-corrected chi connectivity index (χ0v) is 10.6. The summed E-state index contributed by atoms with van der Waals surface area (Å²) in [5, 5.41) is 5.46. The highest BCUT2D eigenvalue weighted by Crippen LogP contribution is 2.11. The fraction of sp³-hybridized carbons (Fsp3) is 0.250. The summed E-state index contributed by atoms with van der Waals surface area (Å²) in [6.45, 7) is 0.573. The molecule has 1 amide bonds. The van der Waals surface area contributed by atoms with Crippen molar-refractivity contribution in [3.8, 4) is 0 Å². The summed E-state index contributed by atoms with van der Waals surface area (Å²) >= 11 is 1.48. The fourth-order valence-electron chi connectivity index (χ4n) is 1.45. The van der Waals surface area contributed by atoms with Gasteiger partial charge in [-0.2, -0.15) is 0 Å². The van der Waals surface area contributed by atoms with E-state index in [9.17, 15) is 4.79 Å². The van der Waals surface area contributed by atoms with E-state index in [4.69, 9.17) is 5.73 Å². The quantitative estimate of drug-likeness (QED) is 0.849. The summed E-state index contributed by atoms with van der Waals surface area (Å²) in [7, 11) is 0. The highest BCUT2D eigenvalue weighted by atomic mass is 32.1. The minimum absolute atomic E-state index is 0.109. The van der Waals surface area contributed by atoms with Crippen molar-refractivity contribution < 1.29 is 4.79 Å². The van der Waals surface area contributed by atoms with Gasteiger partial charge in [0.25, 0.3) is 0 Å². The number of amides is 1. The number of pyridine rings is 1. The Morgan fingerprint density at radius 3 is 3.06 bits per heavy atom. The number of thiazole rings is 1. The van der Waals surface area contributed by atoms with Gasteiger partial charge in [0.2, 0.25) is 5.91 Å². The van der Waals surface area contributed by atoms with E-state index >= 15 is 0 Å². The molecule has 0 unspecified atom stereocenters. The number of anilines is 1. The summed E-state index contributed by atoms with van der Waals surface area (Å²) in [6.07, 6.45) is 2.66. The van der Waals surface area contributed by atoms with Gasteiger partial charge in [0, 0.05) is 18.0 Å². The molecule has 0 radical (unpaired) electrons. The van der Waals surface area contributed by atoms with Crippen LogP contribution in [0, 0.1) is 0 Å². The number of hydrogen-bond donors (Lipinski definition) is 2. The second-order valence-electron chi connectivity index (χ2n) is 3.71. The molecule has 0 fully saturated rings. The Hall–Kier alpha value is -1.79. The monoisotopic (exact) mass is 262 g/mol. The summed E-state index contributed by atoms with van der Waals surface area (Å²) in [6, 6.07) is 5.38. The lowest BCUT2D eigenvalue weighted by molar-refractivity contribution is -0.115. The van der Waals surface area contributed by atoms with Crippen LogP contribution in [0.15, 0.2) is 29.8 Å². The van der Waals surface area contributed by atoms with Crippen molar-refractivity contribution in [2.24, 2.45) is 5.73 Å². The Balaban J connectivity index is 1.90.